The number of aromatic nitrogens is 2. The van der Waals surface area contributed by atoms with Gasteiger partial charge in [0.25, 0.3) is 0 Å². The fourth-order valence-electron chi connectivity index (χ4n) is 2.49. The predicted molar refractivity (Wildman–Crippen MR) is 98.4 cm³/mol. The van der Waals surface area contributed by atoms with Gasteiger partial charge in [-0.1, -0.05) is 57.2 Å². The summed E-state index contributed by atoms with van der Waals surface area (Å²) >= 11 is 0. The van der Waals surface area contributed by atoms with Crippen LogP contribution in [0.2, 0.25) is 0 Å². The van der Waals surface area contributed by atoms with Crippen LogP contribution >= 0.6 is 0 Å². The normalized spacial score (nSPS) is 10.5. The summed E-state index contributed by atoms with van der Waals surface area (Å²) in [4.78, 5) is 8.99. The zero-order chi connectivity index (χ0) is 16.3. The van der Waals surface area contributed by atoms with Crippen LogP contribution in [0, 0.1) is 6.92 Å². The molecule has 0 aliphatic carbocycles. The molecule has 0 bridgehead atoms. The van der Waals surface area contributed by atoms with Crippen molar-refractivity contribution in [2.75, 3.05) is 17.2 Å². The Hall–Kier alpha value is -2.10. The highest BCUT2D eigenvalue weighted by Crippen LogP contribution is 2.15. The zero-order valence-electron chi connectivity index (χ0n) is 14.3. The standard InChI is InChI=1S/C19H28N4/c1-3-4-5-6-7-11-14-20-18-15-16(2)21-19(23-18)22-17-12-9-8-10-13-17/h8-10,12-13,15H,3-7,11,14H2,1-2H3,(H2,20,21,22,23). The highest BCUT2D eigenvalue weighted by atomic mass is 15.1. The van der Waals surface area contributed by atoms with Crippen molar-refractivity contribution in [1.29, 1.82) is 0 Å². The first-order valence-electron chi connectivity index (χ1n) is 8.69. The summed E-state index contributed by atoms with van der Waals surface area (Å²) < 4.78 is 0. The molecule has 4 heteroatoms. The average molecular weight is 312 g/mol. The molecule has 0 saturated heterocycles. The summed E-state index contributed by atoms with van der Waals surface area (Å²) in [5.41, 5.74) is 1.96. The van der Waals surface area contributed by atoms with Gasteiger partial charge in [-0.25, -0.2) is 4.98 Å². The van der Waals surface area contributed by atoms with Gasteiger partial charge in [0.15, 0.2) is 0 Å². The first-order valence-corrected chi connectivity index (χ1v) is 8.69. The zero-order valence-corrected chi connectivity index (χ0v) is 14.3. The van der Waals surface area contributed by atoms with Crippen LogP contribution in [0.25, 0.3) is 0 Å². The van der Waals surface area contributed by atoms with E-state index >= 15 is 0 Å². The molecule has 1 aromatic carbocycles. The van der Waals surface area contributed by atoms with Crippen LogP contribution in [-0.4, -0.2) is 16.5 Å². The van der Waals surface area contributed by atoms with Crippen LogP contribution in [0.3, 0.4) is 0 Å². The van der Waals surface area contributed by atoms with Crippen molar-refractivity contribution in [3.8, 4) is 0 Å². The molecule has 0 aliphatic rings. The molecule has 0 aliphatic heterocycles. The van der Waals surface area contributed by atoms with Crippen molar-refractivity contribution in [2.24, 2.45) is 0 Å². The summed E-state index contributed by atoms with van der Waals surface area (Å²) in [6, 6.07) is 12.0. The van der Waals surface area contributed by atoms with Gasteiger partial charge >= 0.3 is 0 Å². The minimum Gasteiger partial charge on any atom is -0.370 e. The minimum absolute atomic E-state index is 0.640. The third-order valence-electron chi connectivity index (χ3n) is 3.72. The van der Waals surface area contributed by atoms with Crippen LogP contribution in [0.4, 0.5) is 17.5 Å². The number of nitrogens with one attached hydrogen (secondary N) is 2. The molecule has 2 rings (SSSR count). The van der Waals surface area contributed by atoms with Gasteiger partial charge in [-0.2, -0.15) is 4.98 Å². The Morgan fingerprint density at radius 2 is 1.65 bits per heavy atom. The number of aryl methyl sites for hydroxylation is 1. The van der Waals surface area contributed by atoms with E-state index in [1.54, 1.807) is 0 Å². The molecule has 0 atom stereocenters. The molecule has 0 radical (unpaired) electrons. The van der Waals surface area contributed by atoms with E-state index in [9.17, 15) is 0 Å². The molecule has 0 unspecified atom stereocenters. The highest BCUT2D eigenvalue weighted by Gasteiger charge is 2.02. The third-order valence-corrected chi connectivity index (χ3v) is 3.72. The lowest BCUT2D eigenvalue weighted by atomic mass is 10.1. The van der Waals surface area contributed by atoms with E-state index < -0.39 is 0 Å². The van der Waals surface area contributed by atoms with E-state index in [4.69, 9.17) is 0 Å². The van der Waals surface area contributed by atoms with Crippen molar-refractivity contribution in [3.63, 3.8) is 0 Å². The molecule has 0 saturated carbocycles. The number of nitrogens with zero attached hydrogens (tertiary/aromatic N) is 2. The Morgan fingerprint density at radius 1 is 0.913 bits per heavy atom. The molecule has 124 valence electrons. The predicted octanol–water partition coefficient (Wildman–Crippen LogP) is 5.30. The van der Waals surface area contributed by atoms with Gasteiger partial charge < -0.3 is 10.6 Å². The molecule has 23 heavy (non-hydrogen) atoms. The second-order valence-electron chi connectivity index (χ2n) is 5.90. The van der Waals surface area contributed by atoms with Gasteiger partial charge in [0.05, 0.1) is 0 Å². The molecule has 2 N–H and O–H groups in total. The topological polar surface area (TPSA) is 49.8 Å². The number of hydrogen-bond acceptors (Lipinski definition) is 4. The maximum atomic E-state index is 4.54. The van der Waals surface area contributed by atoms with Crippen LogP contribution < -0.4 is 10.6 Å². The van der Waals surface area contributed by atoms with Crippen LogP contribution in [0.15, 0.2) is 36.4 Å². The molecule has 2 aromatic rings. The quantitative estimate of drug-likeness (QED) is 0.584. The smallest absolute Gasteiger partial charge is 0.229 e. The van der Waals surface area contributed by atoms with Gasteiger partial charge in [0, 0.05) is 24.0 Å². The number of unbranched alkanes of at least 4 members (excludes halogenated alkanes) is 5. The van der Waals surface area contributed by atoms with Crippen molar-refractivity contribution in [3.05, 3.63) is 42.1 Å². The molecule has 1 heterocycles. The Balaban J connectivity index is 1.80. The molecular formula is C19H28N4. The fraction of sp³-hybridized carbons (Fsp3) is 0.474. The maximum absolute atomic E-state index is 4.54. The molecular weight excluding hydrogens is 284 g/mol. The van der Waals surface area contributed by atoms with E-state index in [2.05, 4.69) is 27.5 Å². The summed E-state index contributed by atoms with van der Waals surface area (Å²) in [7, 11) is 0. The summed E-state index contributed by atoms with van der Waals surface area (Å²) in [6.07, 6.45) is 7.82. The van der Waals surface area contributed by atoms with Crippen molar-refractivity contribution >= 4 is 17.5 Å². The average Bonchev–Trinajstić information content (AvgIpc) is 2.54. The number of para-hydroxylation sites is 1. The van der Waals surface area contributed by atoms with E-state index in [-0.39, 0.29) is 0 Å². The number of benzene rings is 1. The molecule has 4 nitrogen and oxygen atoms in total. The first-order chi connectivity index (χ1) is 11.3. The highest BCUT2D eigenvalue weighted by molar-refractivity contribution is 5.54. The van der Waals surface area contributed by atoms with Crippen LogP contribution in [0.5, 0.6) is 0 Å². The first kappa shape index (κ1) is 17.3. The Morgan fingerprint density at radius 3 is 2.43 bits per heavy atom. The number of anilines is 3. The lowest BCUT2D eigenvalue weighted by Gasteiger charge is -2.10. The van der Waals surface area contributed by atoms with Crippen molar-refractivity contribution in [2.45, 2.75) is 52.4 Å². The SMILES string of the molecule is CCCCCCCCNc1cc(C)nc(Nc2ccccc2)n1. The monoisotopic (exact) mass is 312 g/mol. The number of rotatable bonds is 10. The maximum Gasteiger partial charge on any atom is 0.229 e. The molecule has 0 amide bonds. The van der Waals surface area contributed by atoms with Crippen LogP contribution in [-0.2, 0) is 0 Å². The van der Waals surface area contributed by atoms with Crippen LogP contribution in [0.1, 0.15) is 51.1 Å². The van der Waals surface area contributed by atoms with Crippen molar-refractivity contribution < 1.29 is 0 Å². The summed E-state index contributed by atoms with van der Waals surface area (Å²) in [5, 5.41) is 6.66. The minimum atomic E-state index is 0.640. The Labute approximate surface area is 139 Å². The van der Waals surface area contributed by atoms with Crippen molar-refractivity contribution in [1.82, 2.24) is 9.97 Å². The lowest BCUT2D eigenvalue weighted by Crippen LogP contribution is -2.06. The number of hydrogen-bond donors (Lipinski definition) is 2. The second-order valence-corrected chi connectivity index (χ2v) is 5.90. The Bertz CT molecular complexity index is 569. The van der Waals surface area contributed by atoms with E-state index in [0.29, 0.717) is 5.95 Å². The van der Waals surface area contributed by atoms with E-state index in [0.717, 1.165) is 23.7 Å². The lowest BCUT2D eigenvalue weighted by molar-refractivity contribution is 0.617. The van der Waals surface area contributed by atoms with E-state index in [1.165, 1.54) is 38.5 Å². The third kappa shape index (κ3) is 6.68. The fourth-order valence-corrected chi connectivity index (χ4v) is 2.49. The second kappa shape index (κ2) is 9.82. The van der Waals surface area contributed by atoms with Gasteiger partial charge in [-0.15, -0.1) is 0 Å². The van der Waals surface area contributed by atoms with Gasteiger partial charge in [-0.3, -0.25) is 0 Å². The Kier molecular flexibility index (Phi) is 7.37. The molecule has 1 aromatic heterocycles. The summed E-state index contributed by atoms with van der Waals surface area (Å²) in [6.45, 7) is 5.21. The largest absolute Gasteiger partial charge is 0.370 e. The van der Waals surface area contributed by atoms with Gasteiger partial charge in [0.1, 0.15) is 5.82 Å². The van der Waals surface area contributed by atoms with E-state index in [1.807, 2.05) is 43.3 Å². The molecule has 0 fully saturated rings. The molecule has 0 spiro atoms. The summed E-state index contributed by atoms with van der Waals surface area (Å²) in [5.74, 6) is 1.53. The van der Waals surface area contributed by atoms with Gasteiger partial charge in [-0.05, 0) is 25.5 Å². The van der Waals surface area contributed by atoms with Gasteiger partial charge in [0.2, 0.25) is 5.95 Å².